The quantitative estimate of drug-likeness (QED) is 0.0291. The molecule has 0 fully saturated rings. The van der Waals surface area contributed by atoms with Crippen LogP contribution in [0.25, 0.3) is 0 Å². The van der Waals surface area contributed by atoms with Crippen LogP contribution in [0.5, 0.6) is 0 Å². The van der Waals surface area contributed by atoms with E-state index in [9.17, 15) is 19.4 Å². The van der Waals surface area contributed by atoms with Gasteiger partial charge in [-0.2, -0.15) is 0 Å². The molecule has 5 N–H and O–H groups in total. The summed E-state index contributed by atoms with van der Waals surface area (Å²) in [5.74, 6) is -0.209. The van der Waals surface area contributed by atoms with E-state index in [1.165, 1.54) is 103 Å². The molecule has 0 radical (unpaired) electrons. The Labute approximate surface area is 295 Å². The number of aliphatic hydroxyl groups is 1. The van der Waals surface area contributed by atoms with Crippen LogP contribution >= 0.6 is 7.82 Å². The molecule has 8 nitrogen and oxygen atoms in total. The van der Waals surface area contributed by atoms with E-state index in [2.05, 4.69) is 43.5 Å². The topological polar surface area (TPSA) is 131 Å². The van der Waals surface area contributed by atoms with Crippen molar-refractivity contribution in [2.24, 2.45) is 5.73 Å². The van der Waals surface area contributed by atoms with Crippen LogP contribution in [-0.2, 0) is 18.4 Å². The number of phosphoric acid groups is 1. The maximum atomic E-state index is 12.7. The first-order valence-corrected chi connectivity index (χ1v) is 21.1. The van der Waals surface area contributed by atoms with Gasteiger partial charge in [0.1, 0.15) is 0 Å². The Kier molecular flexibility index (Phi) is 34.6. The predicted molar refractivity (Wildman–Crippen MR) is 203 cm³/mol. The largest absolute Gasteiger partial charge is 0.472 e. The summed E-state index contributed by atoms with van der Waals surface area (Å²) in [5.41, 5.74) is 5.35. The molecule has 0 saturated carbocycles. The van der Waals surface area contributed by atoms with Gasteiger partial charge in [-0.15, -0.1) is 0 Å². The van der Waals surface area contributed by atoms with Crippen LogP contribution < -0.4 is 11.1 Å². The third kappa shape index (κ3) is 33.2. The standard InChI is InChI=1S/C39H75N2O6P/c1-3-5-7-9-11-13-15-16-17-18-19-20-21-23-25-27-29-31-33-39(43)41-37(36-47-48(44,45)46-35-34-40)38(42)32-30-28-26-24-22-14-12-10-8-6-4-2/h8,10,22,24,30,32,37-38,42H,3-7,9,11-21,23,25-29,31,33-36,40H2,1-2H3,(H,41,43)(H,44,45)/b10-8+,24-22+,32-30+. The van der Waals surface area contributed by atoms with Gasteiger partial charge in [-0.1, -0.05) is 166 Å². The molecule has 0 bridgehead atoms. The van der Waals surface area contributed by atoms with Crippen molar-refractivity contribution in [3.05, 3.63) is 36.5 Å². The van der Waals surface area contributed by atoms with E-state index in [1.54, 1.807) is 6.08 Å². The number of hydrogen-bond donors (Lipinski definition) is 4. The Bertz CT molecular complexity index is 850. The highest BCUT2D eigenvalue weighted by Gasteiger charge is 2.26. The van der Waals surface area contributed by atoms with E-state index in [0.717, 1.165) is 51.4 Å². The lowest BCUT2D eigenvalue weighted by Gasteiger charge is -2.23. The highest BCUT2D eigenvalue weighted by molar-refractivity contribution is 7.47. The first kappa shape index (κ1) is 46.7. The molecule has 0 rings (SSSR count). The number of allylic oxidation sites excluding steroid dienone is 5. The molecule has 0 aliphatic rings. The van der Waals surface area contributed by atoms with Crippen molar-refractivity contribution >= 4 is 13.7 Å². The lowest BCUT2D eigenvalue weighted by molar-refractivity contribution is -0.123. The number of hydrogen-bond acceptors (Lipinski definition) is 6. The first-order chi connectivity index (χ1) is 23.4. The molecule has 0 aliphatic heterocycles. The van der Waals surface area contributed by atoms with Gasteiger partial charge < -0.3 is 21.1 Å². The van der Waals surface area contributed by atoms with Gasteiger partial charge in [-0.05, 0) is 38.5 Å². The summed E-state index contributed by atoms with van der Waals surface area (Å²) in [5, 5.41) is 13.6. The summed E-state index contributed by atoms with van der Waals surface area (Å²) in [6.45, 7) is 4.02. The minimum absolute atomic E-state index is 0.0723. The highest BCUT2D eigenvalue weighted by Crippen LogP contribution is 2.43. The van der Waals surface area contributed by atoms with Crippen LogP contribution in [-0.4, -0.2) is 47.8 Å². The van der Waals surface area contributed by atoms with E-state index >= 15 is 0 Å². The molecule has 0 aliphatic carbocycles. The van der Waals surface area contributed by atoms with Crippen molar-refractivity contribution in [3.8, 4) is 0 Å². The van der Waals surface area contributed by atoms with Crippen molar-refractivity contribution in [1.82, 2.24) is 5.32 Å². The third-order valence-electron chi connectivity index (χ3n) is 8.43. The molecule has 0 aromatic carbocycles. The molecular formula is C39H75N2O6P. The smallest absolute Gasteiger partial charge is 0.387 e. The van der Waals surface area contributed by atoms with Gasteiger partial charge in [-0.25, -0.2) is 4.57 Å². The lowest BCUT2D eigenvalue weighted by Crippen LogP contribution is -2.45. The molecular weight excluding hydrogens is 623 g/mol. The van der Waals surface area contributed by atoms with Gasteiger partial charge >= 0.3 is 7.82 Å². The summed E-state index contributed by atoms with van der Waals surface area (Å²) < 4.78 is 22.0. The fraction of sp³-hybridized carbons (Fsp3) is 0.821. The lowest BCUT2D eigenvalue weighted by atomic mass is 10.0. The zero-order valence-electron chi connectivity index (χ0n) is 31.0. The average molecular weight is 699 g/mol. The maximum absolute atomic E-state index is 12.7. The minimum Gasteiger partial charge on any atom is -0.387 e. The average Bonchev–Trinajstić information content (AvgIpc) is 3.07. The number of carbonyl (C=O) groups is 1. The van der Waals surface area contributed by atoms with Crippen LogP contribution in [0, 0.1) is 0 Å². The molecule has 0 heterocycles. The summed E-state index contributed by atoms with van der Waals surface area (Å²) in [6.07, 6.45) is 40.6. The number of carbonyl (C=O) groups excluding carboxylic acids is 1. The molecule has 1 amide bonds. The van der Waals surface area contributed by atoms with Crippen LogP contribution in [0.1, 0.15) is 174 Å². The molecule has 48 heavy (non-hydrogen) atoms. The maximum Gasteiger partial charge on any atom is 0.472 e. The molecule has 0 spiro atoms. The van der Waals surface area contributed by atoms with Crippen molar-refractivity contribution in [3.63, 3.8) is 0 Å². The summed E-state index contributed by atoms with van der Waals surface area (Å²) in [7, 11) is -4.34. The van der Waals surface area contributed by atoms with Gasteiger partial charge in [0.15, 0.2) is 0 Å². The van der Waals surface area contributed by atoms with E-state index in [0.29, 0.717) is 6.42 Å². The fourth-order valence-electron chi connectivity index (χ4n) is 5.46. The van der Waals surface area contributed by atoms with Gasteiger partial charge in [-0.3, -0.25) is 13.8 Å². The van der Waals surface area contributed by atoms with Crippen LogP contribution in [0.4, 0.5) is 0 Å². The van der Waals surface area contributed by atoms with E-state index in [4.69, 9.17) is 14.8 Å². The monoisotopic (exact) mass is 699 g/mol. The Morgan fingerprint density at radius 1 is 0.667 bits per heavy atom. The fourth-order valence-corrected chi connectivity index (χ4v) is 6.22. The number of amides is 1. The number of rotatable bonds is 36. The number of phosphoric ester groups is 1. The van der Waals surface area contributed by atoms with Gasteiger partial charge in [0.05, 0.1) is 25.4 Å². The van der Waals surface area contributed by atoms with Crippen molar-refractivity contribution in [2.45, 2.75) is 187 Å². The minimum atomic E-state index is -4.34. The zero-order valence-corrected chi connectivity index (χ0v) is 31.9. The Morgan fingerprint density at radius 2 is 1.10 bits per heavy atom. The first-order valence-electron chi connectivity index (χ1n) is 19.6. The second-order valence-electron chi connectivity index (χ2n) is 13.1. The van der Waals surface area contributed by atoms with E-state index < -0.39 is 20.0 Å². The van der Waals surface area contributed by atoms with Gasteiger partial charge in [0, 0.05) is 13.0 Å². The van der Waals surface area contributed by atoms with Crippen molar-refractivity contribution in [1.29, 1.82) is 0 Å². The number of unbranched alkanes of at least 4 members (excludes halogenated alkanes) is 20. The third-order valence-corrected chi connectivity index (χ3v) is 9.41. The van der Waals surface area contributed by atoms with E-state index in [1.807, 2.05) is 6.08 Å². The summed E-state index contributed by atoms with van der Waals surface area (Å²) >= 11 is 0. The molecule has 0 aromatic rings. The Balaban J connectivity index is 4.24. The Morgan fingerprint density at radius 3 is 1.56 bits per heavy atom. The van der Waals surface area contributed by atoms with Gasteiger partial charge in [0.2, 0.25) is 5.91 Å². The number of nitrogens with two attached hydrogens (primary N) is 1. The van der Waals surface area contributed by atoms with Crippen LogP contribution in [0.3, 0.4) is 0 Å². The highest BCUT2D eigenvalue weighted by atomic mass is 31.2. The molecule has 0 aromatic heterocycles. The van der Waals surface area contributed by atoms with Gasteiger partial charge in [0.25, 0.3) is 0 Å². The van der Waals surface area contributed by atoms with Crippen LogP contribution in [0.2, 0.25) is 0 Å². The van der Waals surface area contributed by atoms with Crippen LogP contribution in [0.15, 0.2) is 36.5 Å². The van der Waals surface area contributed by atoms with Crippen molar-refractivity contribution < 1.29 is 28.4 Å². The Hall–Kier alpha value is -1.28. The molecule has 9 heteroatoms. The molecule has 3 unspecified atom stereocenters. The second-order valence-corrected chi connectivity index (χ2v) is 14.6. The number of nitrogens with one attached hydrogen (secondary N) is 1. The van der Waals surface area contributed by atoms with Crippen molar-refractivity contribution in [2.75, 3.05) is 19.8 Å². The second kappa shape index (κ2) is 35.5. The zero-order chi connectivity index (χ0) is 35.4. The number of aliphatic hydroxyl groups excluding tert-OH is 1. The molecule has 3 atom stereocenters. The van der Waals surface area contributed by atoms with E-state index in [-0.39, 0.29) is 25.7 Å². The normalized spacial score (nSPS) is 14.7. The summed E-state index contributed by atoms with van der Waals surface area (Å²) in [6, 6.07) is -0.878. The predicted octanol–water partition coefficient (Wildman–Crippen LogP) is 10.4. The SMILES string of the molecule is CCC/C=C/CC/C=C/CC/C=C/C(O)C(COP(=O)(O)OCCN)NC(=O)CCCCCCCCCCCCCCCCCCCC. The summed E-state index contributed by atoms with van der Waals surface area (Å²) in [4.78, 5) is 22.6. The molecule has 282 valence electrons. The molecule has 0 saturated heterocycles.